The average Bonchev–Trinajstić information content (AvgIpc) is 2.47. The molecule has 0 bridgehead atoms. The van der Waals surface area contributed by atoms with Crippen LogP contribution in [0.5, 0.6) is 0 Å². The van der Waals surface area contributed by atoms with Gasteiger partial charge in [0.1, 0.15) is 0 Å². The average molecular weight is 336 g/mol. The predicted molar refractivity (Wildman–Crippen MR) is 79.5 cm³/mol. The van der Waals surface area contributed by atoms with Crippen molar-refractivity contribution >= 4 is 39.1 Å². The first-order valence-electron chi connectivity index (χ1n) is 6.23. The predicted octanol–water partition coefficient (Wildman–Crippen LogP) is 5.88. The second-order valence-electron chi connectivity index (χ2n) is 4.92. The molecule has 2 atom stereocenters. The minimum Gasteiger partial charge on any atom is -0.0891 e. The zero-order valence-corrected chi connectivity index (χ0v) is 12.9. The van der Waals surface area contributed by atoms with Gasteiger partial charge in [-0.25, -0.2) is 0 Å². The fraction of sp³-hybridized carbons (Fsp3) is 0.571. The number of hydrogen-bond donors (Lipinski definition) is 0. The van der Waals surface area contributed by atoms with Crippen LogP contribution in [0.1, 0.15) is 37.7 Å². The van der Waals surface area contributed by atoms with Crippen LogP contribution in [0.3, 0.4) is 0 Å². The van der Waals surface area contributed by atoms with Crippen molar-refractivity contribution in [2.24, 2.45) is 5.92 Å². The van der Waals surface area contributed by atoms with E-state index in [0.717, 1.165) is 22.4 Å². The van der Waals surface area contributed by atoms with Crippen LogP contribution in [0.15, 0.2) is 18.2 Å². The van der Waals surface area contributed by atoms with Crippen molar-refractivity contribution in [3.05, 3.63) is 33.8 Å². The van der Waals surface area contributed by atoms with Gasteiger partial charge in [0.25, 0.3) is 0 Å². The van der Waals surface area contributed by atoms with E-state index in [1.807, 2.05) is 12.1 Å². The van der Waals surface area contributed by atoms with Crippen LogP contribution in [-0.2, 0) is 6.42 Å². The number of hydrogen-bond acceptors (Lipinski definition) is 0. The van der Waals surface area contributed by atoms with Gasteiger partial charge in [0, 0.05) is 14.9 Å². The Kier molecular flexibility index (Phi) is 5.20. The summed E-state index contributed by atoms with van der Waals surface area (Å²) in [6, 6.07) is 5.85. The van der Waals surface area contributed by atoms with Crippen molar-refractivity contribution < 1.29 is 0 Å². The molecule has 0 spiro atoms. The van der Waals surface area contributed by atoms with Crippen molar-refractivity contribution in [2.45, 2.75) is 43.4 Å². The third kappa shape index (κ3) is 4.15. The van der Waals surface area contributed by atoms with Crippen molar-refractivity contribution in [1.29, 1.82) is 0 Å². The van der Waals surface area contributed by atoms with Crippen LogP contribution < -0.4 is 0 Å². The van der Waals surface area contributed by atoms with Gasteiger partial charge in [-0.15, -0.1) is 0 Å². The quantitative estimate of drug-likeness (QED) is 0.467. The lowest BCUT2D eigenvalue weighted by Crippen LogP contribution is -2.08. The molecule has 0 nitrogen and oxygen atoms in total. The highest BCUT2D eigenvalue weighted by Gasteiger charge is 2.19. The molecule has 0 aromatic heterocycles. The number of benzene rings is 1. The van der Waals surface area contributed by atoms with Crippen LogP contribution in [-0.4, -0.2) is 4.83 Å². The van der Waals surface area contributed by atoms with Gasteiger partial charge < -0.3 is 0 Å². The summed E-state index contributed by atoms with van der Waals surface area (Å²) in [6.07, 6.45) is 7.67. The van der Waals surface area contributed by atoms with Crippen molar-refractivity contribution in [3.8, 4) is 0 Å². The summed E-state index contributed by atoms with van der Waals surface area (Å²) in [5.41, 5.74) is 1.24. The van der Waals surface area contributed by atoms with Crippen LogP contribution >= 0.6 is 39.1 Å². The summed E-state index contributed by atoms with van der Waals surface area (Å²) in [5.74, 6) is 0.751. The molecule has 0 N–H and O–H groups in total. The van der Waals surface area contributed by atoms with Crippen LogP contribution in [0, 0.1) is 5.92 Å². The van der Waals surface area contributed by atoms with Gasteiger partial charge in [-0.2, -0.15) is 0 Å². The Balaban J connectivity index is 2.03. The fourth-order valence-corrected chi connectivity index (χ4v) is 3.92. The summed E-state index contributed by atoms with van der Waals surface area (Å²) in [4.78, 5) is 0.682. The van der Waals surface area contributed by atoms with E-state index in [1.165, 1.54) is 37.7 Å². The van der Waals surface area contributed by atoms with E-state index in [-0.39, 0.29) is 0 Å². The van der Waals surface area contributed by atoms with Gasteiger partial charge >= 0.3 is 0 Å². The zero-order chi connectivity index (χ0) is 12.3. The van der Waals surface area contributed by atoms with E-state index in [2.05, 4.69) is 22.0 Å². The molecule has 0 saturated heterocycles. The third-order valence-corrected chi connectivity index (χ3v) is 4.91. The SMILES string of the molecule is Clc1ccc(CC2CCCCC(Br)C2)c(Cl)c1. The minimum atomic E-state index is 0.682. The maximum atomic E-state index is 6.23. The summed E-state index contributed by atoms with van der Waals surface area (Å²) in [5, 5.41) is 1.53. The van der Waals surface area contributed by atoms with E-state index < -0.39 is 0 Å². The molecule has 94 valence electrons. The summed E-state index contributed by atoms with van der Waals surface area (Å²) >= 11 is 15.9. The molecular weight excluding hydrogens is 319 g/mol. The van der Waals surface area contributed by atoms with Crippen molar-refractivity contribution in [3.63, 3.8) is 0 Å². The second-order valence-corrected chi connectivity index (χ2v) is 7.06. The Morgan fingerprint density at radius 2 is 1.94 bits per heavy atom. The standard InChI is InChI=1S/C14H17BrCl2/c15-12-4-2-1-3-10(8-12)7-11-5-6-13(16)9-14(11)17/h5-6,9-10,12H,1-4,7-8H2. The first-order valence-corrected chi connectivity index (χ1v) is 7.90. The highest BCUT2D eigenvalue weighted by molar-refractivity contribution is 9.09. The van der Waals surface area contributed by atoms with Crippen LogP contribution in [0.25, 0.3) is 0 Å². The topological polar surface area (TPSA) is 0 Å². The Morgan fingerprint density at radius 1 is 1.18 bits per heavy atom. The fourth-order valence-electron chi connectivity index (χ4n) is 2.58. The van der Waals surface area contributed by atoms with E-state index in [1.54, 1.807) is 0 Å². The van der Waals surface area contributed by atoms with Crippen molar-refractivity contribution in [1.82, 2.24) is 0 Å². The van der Waals surface area contributed by atoms with Gasteiger partial charge in [-0.1, -0.05) is 64.5 Å². The van der Waals surface area contributed by atoms with E-state index >= 15 is 0 Å². The monoisotopic (exact) mass is 334 g/mol. The van der Waals surface area contributed by atoms with Gasteiger partial charge in [0.15, 0.2) is 0 Å². The van der Waals surface area contributed by atoms with Gasteiger partial charge in [0.2, 0.25) is 0 Å². The molecule has 1 aliphatic carbocycles. The van der Waals surface area contributed by atoms with Crippen LogP contribution in [0.2, 0.25) is 10.0 Å². The molecule has 0 radical (unpaired) electrons. The Labute approximate surface area is 122 Å². The van der Waals surface area contributed by atoms with Gasteiger partial charge in [-0.3, -0.25) is 0 Å². The molecule has 1 aromatic rings. The molecule has 2 unspecified atom stereocenters. The molecule has 2 rings (SSSR count). The number of rotatable bonds is 2. The molecule has 0 amide bonds. The lowest BCUT2D eigenvalue weighted by Gasteiger charge is -2.17. The molecule has 17 heavy (non-hydrogen) atoms. The molecule has 1 saturated carbocycles. The number of alkyl halides is 1. The number of halogens is 3. The zero-order valence-electron chi connectivity index (χ0n) is 9.76. The van der Waals surface area contributed by atoms with Crippen LogP contribution in [0.4, 0.5) is 0 Å². The molecule has 1 aliphatic rings. The van der Waals surface area contributed by atoms with E-state index in [4.69, 9.17) is 23.2 Å². The first-order chi connectivity index (χ1) is 8.15. The molecule has 3 heteroatoms. The Hall–Kier alpha value is 0.280. The van der Waals surface area contributed by atoms with Crippen molar-refractivity contribution in [2.75, 3.05) is 0 Å². The highest BCUT2D eigenvalue weighted by atomic mass is 79.9. The molecular formula is C14H17BrCl2. The maximum absolute atomic E-state index is 6.23. The highest BCUT2D eigenvalue weighted by Crippen LogP contribution is 2.32. The second kappa shape index (κ2) is 6.45. The summed E-state index contributed by atoms with van der Waals surface area (Å²) in [7, 11) is 0. The normalized spacial score (nSPS) is 25.6. The minimum absolute atomic E-state index is 0.682. The largest absolute Gasteiger partial charge is 0.0891 e. The lowest BCUT2D eigenvalue weighted by atomic mass is 9.92. The Morgan fingerprint density at radius 3 is 2.71 bits per heavy atom. The lowest BCUT2D eigenvalue weighted by molar-refractivity contribution is 0.464. The molecule has 0 heterocycles. The maximum Gasteiger partial charge on any atom is 0.0452 e. The van der Waals surface area contributed by atoms with Gasteiger partial charge in [0.05, 0.1) is 0 Å². The Bertz CT molecular complexity index is 378. The summed E-state index contributed by atoms with van der Waals surface area (Å²) < 4.78 is 0. The molecule has 0 aliphatic heterocycles. The smallest absolute Gasteiger partial charge is 0.0452 e. The van der Waals surface area contributed by atoms with Gasteiger partial charge in [-0.05, 0) is 42.9 Å². The summed E-state index contributed by atoms with van der Waals surface area (Å²) in [6.45, 7) is 0. The molecule has 1 aromatic carbocycles. The van der Waals surface area contributed by atoms with E-state index in [9.17, 15) is 0 Å². The third-order valence-electron chi connectivity index (χ3n) is 3.49. The first kappa shape index (κ1) is 13.7. The van der Waals surface area contributed by atoms with E-state index in [0.29, 0.717) is 4.83 Å². The molecule has 1 fully saturated rings.